The third-order valence-electron chi connectivity index (χ3n) is 1.61. The Kier molecular flexibility index (Phi) is 2.89. The number of hydrogen-bond donors (Lipinski definition) is 0. The molecule has 0 aliphatic heterocycles. The number of tetrazole rings is 1. The second-order valence-corrected chi connectivity index (χ2v) is 3.49. The van der Waals surface area contributed by atoms with Crippen LogP contribution in [0.25, 0.3) is 5.69 Å². The van der Waals surface area contributed by atoms with Crippen molar-refractivity contribution in [3.05, 3.63) is 30.3 Å². The van der Waals surface area contributed by atoms with Crippen LogP contribution in [0.4, 0.5) is 0 Å². The SMILES string of the molecule is S=C(Cl)Oc1nnnn1-c1ccccc1. The smallest absolute Gasteiger partial charge is 0.347 e. The number of ether oxygens (including phenoxy) is 1. The van der Waals surface area contributed by atoms with Crippen LogP contribution < -0.4 is 4.74 Å². The van der Waals surface area contributed by atoms with Crippen LogP contribution >= 0.6 is 23.8 Å². The van der Waals surface area contributed by atoms with Gasteiger partial charge >= 0.3 is 6.01 Å². The maximum atomic E-state index is 5.43. The first kappa shape index (κ1) is 10.0. The van der Waals surface area contributed by atoms with Gasteiger partial charge in [-0.05, 0) is 46.4 Å². The maximum Gasteiger partial charge on any atom is 0.347 e. The van der Waals surface area contributed by atoms with Gasteiger partial charge in [0.1, 0.15) is 0 Å². The van der Waals surface area contributed by atoms with Crippen LogP contribution in [0.2, 0.25) is 0 Å². The molecular formula is C8H5ClN4OS. The van der Waals surface area contributed by atoms with Gasteiger partial charge in [0.05, 0.1) is 5.69 Å². The van der Waals surface area contributed by atoms with Gasteiger partial charge in [-0.2, -0.15) is 4.68 Å². The van der Waals surface area contributed by atoms with Gasteiger partial charge in [-0.15, -0.1) is 0 Å². The maximum absolute atomic E-state index is 5.43. The minimum Gasteiger partial charge on any atom is -0.400 e. The molecule has 0 spiro atoms. The first-order chi connectivity index (χ1) is 7.27. The van der Waals surface area contributed by atoms with Gasteiger partial charge in [0.25, 0.3) is 4.51 Å². The van der Waals surface area contributed by atoms with Crippen LogP contribution in [0.5, 0.6) is 6.01 Å². The molecule has 0 fully saturated rings. The van der Waals surface area contributed by atoms with Crippen molar-refractivity contribution in [1.82, 2.24) is 20.2 Å². The summed E-state index contributed by atoms with van der Waals surface area (Å²) in [5.41, 5.74) is 0.769. The van der Waals surface area contributed by atoms with E-state index >= 15 is 0 Å². The molecule has 2 aromatic rings. The predicted molar refractivity (Wildman–Crippen MR) is 58.2 cm³/mol. The number of nitrogens with zero attached hydrogens (tertiary/aromatic N) is 4. The highest BCUT2D eigenvalue weighted by atomic mass is 35.5. The number of halogens is 1. The van der Waals surface area contributed by atoms with Gasteiger partial charge in [-0.1, -0.05) is 23.3 Å². The predicted octanol–water partition coefficient (Wildman–Crippen LogP) is 1.56. The van der Waals surface area contributed by atoms with E-state index in [1.54, 1.807) is 0 Å². The summed E-state index contributed by atoms with van der Waals surface area (Å²) in [5.74, 6) is 0. The molecule has 76 valence electrons. The van der Waals surface area contributed by atoms with E-state index in [0.717, 1.165) is 5.69 Å². The van der Waals surface area contributed by atoms with Crippen molar-refractivity contribution < 1.29 is 4.74 Å². The van der Waals surface area contributed by atoms with Crippen molar-refractivity contribution in [3.63, 3.8) is 0 Å². The molecule has 1 aromatic carbocycles. The zero-order chi connectivity index (χ0) is 10.7. The highest BCUT2D eigenvalue weighted by molar-refractivity contribution is 7.82. The molecule has 0 atom stereocenters. The fraction of sp³-hybridized carbons (Fsp3) is 0. The van der Waals surface area contributed by atoms with Crippen molar-refractivity contribution in [2.24, 2.45) is 0 Å². The fourth-order valence-electron chi connectivity index (χ4n) is 1.05. The highest BCUT2D eigenvalue weighted by Gasteiger charge is 2.10. The Morgan fingerprint density at radius 1 is 1.33 bits per heavy atom. The molecule has 7 heteroatoms. The van der Waals surface area contributed by atoms with E-state index in [1.807, 2.05) is 30.3 Å². The van der Waals surface area contributed by atoms with E-state index in [9.17, 15) is 0 Å². The van der Waals surface area contributed by atoms with Crippen molar-refractivity contribution in [3.8, 4) is 11.7 Å². The Morgan fingerprint density at radius 2 is 2.07 bits per heavy atom. The third-order valence-corrected chi connectivity index (χ3v) is 1.77. The minimum atomic E-state index is -0.151. The summed E-state index contributed by atoms with van der Waals surface area (Å²) in [4.78, 5) is 0. The zero-order valence-electron chi connectivity index (χ0n) is 7.37. The van der Waals surface area contributed by atoms with E-state index in [1.165, 1.54) is 4.68 Å². The van der Waals surface area contributed by atoms with Crippen LogP contribution in [-0.2, 0) is 0 Å². The molecule has 2 rings (SSSR count). The Balaban J connectivity index is 2.37. The van der Waals surface area contributed by atoms with Crippen LogP contribution in [0.15, 0.2) is 30.3 Å². The number of rotatable bonds is 2. The number of thiocarbonyl (C=S) groups is 1. The summed E-state index contributed by atoms with van der Waals surface area (Å²) >= 11 is 10.0. The average molecular weight is 241 g/mol. The van der Waals surface area contributed by atoms with E-state index < -0.39 is 0 Å². The second kappa shape index (κ2) is 4.33. The zero-order valence-corrected chi connectivity index (χ0v) is 8.94. The minimum absolute atomic E-state index is 0.140. The summed E-state index contributed by atoms with van der Waals surface area (Å²) in [6.07, 6.45) is 0. The van der Waals surface area contributed by atoms with Crippen molar-refractivity contribution in [2.75, 3.05) is 0 Å². The normalized spacial score (nSPS) is 9.93. The molecule has 1 heterocycles. The summed E-state index contributed by atoms with van der Waals surface area (Å²) in [6, 6.07) is 9.42. The van der Waals surface area contributed by atoms with Gasteiger partial charge in [-0.3, -0.25) is 0 Å². The van der Waals surface area contributed by atoms with Gasteiger partial charge in [0.2, 0.25) is 0 Å². The third kappa shape index (κ3) is 2.28. The molecule has 0 amide bonds. The van der Waals surface area contributed by atoms with E-state index in [0.29, 0.717) is 0 Å². The lowest BCUT2D eigenvalue weighted by molar-refractivity contribution is 0.504. The van der Waals surface area contributed by atoms with E-state index in [2.05, 4.69) is 27.7 Å². The molecule has 0 aliphatic rings. The fourth-order valence-corrected chi connectivity index (χ4v) is 1.19. The van der Waals surface area contributed by atoms with Crippen molar-refractivity contribution in [1.29, 1.82) is 0 Å². The van der Waals surface area contributed by atoms with E-state index in [4.69, 9.17) is 16.3 Å². The van der Waals surface area contributed by atoms with E-state index in [-0.39, 0.29) is 10.5 Å². The number of hydrogen-bond acceptors (Lipinski definition) is 5. The average Bonchev–Trinajstić information content (AvgIpc) is 2.66. The molecular weight excluding hydrogens is 236 g/mol. The Morgan fingerprint density at radius 3 is 2.73 bits per heavy atom. The first-order valence-electron chi connectivity index (χ1n) is 3.98. The van der Waals surface area contributed by atoms with Crippen LogP contribution in [0, 0.1) is 0 Å². The molecule has 0 bridgehead atoms. The summed E-state index contributed by atoms with van der Waals surface area (Å²) in [6.45, 7) is 0. The van der Waals surface area contributed by atoms with Crippen LogP contribution in [0.1, 0.15) is 0 Å². The standard InChI is InChI=1S/C8H5ClN4OS/c9-7(15)14-8-10-11-12-13(8)6-4-2-1-3-5-6/h1-5H. The molecule has 0 saturated carbocycles. The van der Waals surface area contributed by atoms with Gasteiger partial charge in [0, 0.05) is 0 Å². The number of benzene rings is 1. The van der Waals surface area contributed by atoms with Crippen molar-refractivity contribution in [2.45, 2.75) is 0 Å². The molecule has 5 nitrogen and oxygen atoms in total. The highest BCUT2D eigenvalue weighted by Crippen LogP contribution is 2.13. The van der Waals surface area contributed by atoms with Crippen LogP contribution in [0.3, 0.4) is 0 Å². The lowest BCUT2D eigenvalue weighted by Crippen LogP contribution is -2.04. The molecule has 15 heavy (non-hydrogen) atoms. The number of aromatic nitrogens is 4. The molecule has 0 saturated heterocycles. The lowest BCUT2D eigenvalue weighted by Gasteiger charge is -2.02. The Bertz CT molecular complexity index is 473. The number of para-hydroxylation sites is 1. The van der Waals surface area contributed by atoms with Gasteiger partial charge in [0.15, 0.2) is 0 Å². The quantitative estimate of drug-likeness (QED) is 0.589. The summed E-state index contributed by atoms with van der Waals surface area (Å²) in [5, 5.41) is 10.9. The Labute approximate surface area is 95.6 Å². The largest absolute Gasteiger partial charge is 0.400 e. The lowest BCUT2D eigenvalue weighted by atomic mass is 10.3. The molecule has 0 N–H and O–H groups in total. The summed E-state index contributed by atoms with van der Waals surface area (Å²) in [7, 11) is 0. The van der Waals surface area contributed by atoms with Gasteiger partial charge in [-0.25, -0.2) is 0 Å². The topological polar surface area (TPSA) is 52.8 Å². The van der Waals surface area contributed by atoms with Crippen molar-refractivity contribution >= 4 is 28.3 Å². The molecule has 0 radical (unpaired) electrons. The first-order valence-corrected chi connectivity index (χ1v) is 4.77. The van der Waals surface area contributed by atoms with Gasteiger partial charge < -0.3 is 4.74 Å². The molecule has 0 unspecified atom stereocenters. The van der Waals surface area contributed by atoms with Crippen LogP contribution in [-0.4, -0.2) is 24.7 Å². The Hall–Kier alpha value is -1.53. The summed E-state index contributed by atoms with van der Waals surface area (Å²) < 4.78 is 6.21. The molecule has 1 aromatic heterocycles. The molecule has 0 aliphatic carbocycles. The monoisotopic (exact) mass is 240 g/mol. The second-order valence-electron chi connectivity index (χ2n) is 2.55.